The fraction of sp³-hybridized carbons (Fsp3) is 0.625. The topological polar surface area (TPSA) is 192 Å². The highest BCUT2D eigenvalue weighted by molar-refractivity contribution is 7.91. The van der Waals surface area contributed by atoms with Gasteiger partial charge >= 0.3 is 12.3 Å². The van der Waals surface area contributed by atoms with Crippen LogP contribution in [0.3, 0.4) is 0 Å². The summed E-state index contributed by atoms with van der Waals surface area (Å²) in [6.45, 7) is 6.27. The van der Waals surface area contributed by atoms with Gasteiger partial charge in [0.05, 0.1) is 25.5 Å². The molecule has 1 saturated heterocycles. The largest absolute Gasteiger partial charge is 0.497 e. The van der Waals surface area contributed by atoms with Gasteiger partial charge in [-0.25, -0.2) is 13.2 Å². The SMILES string of the molecule is COc1ccc2c(OC3CC4C(=O)NC5(C(=O)NS(=O)(=O)C6(C)CC6)CC5C=CCCC(C)CC(C)C(NC(=O)OC(C)(C)C(F)(F)F)C(=O)N4C3)nc(OC)cc2c1. The Morgan fingerprint density at radius 2 is 1.76 bits per heavy atom. The Labute approximate surface area is 341 Å². The summed E-state index contributed by atoms with van der Waals surface area (Å²) in [5.74, 6) is -2.90. The molecule has 2 saturated carbocycles. The molecule has 2 aliphatic heterocycles. The highest BCUT2D eigenvalue weighted by atomic mass is 32.2. The second kappa shape index (κ2) is 16.0. The lowest BCUT2D eigenvalue weighted by atomic mass is 9.88. The number of alkyl halides is 3. The minimum atomic E-state index is -4.92. The van der Waals surface area contributed by atoms with E-state index in [1.807, 2.05) is 13.0 Å². The standard InChI is InChI=1S/C40H52F3N5O10S/c1-22-10-8-9-11-25-20-39(25,35(51)47-59(53,54)38(5)14-15-38)46-32(49)29-19-27(57-33-28-13-12-26(55-6)17-24(28)18-30(44-33)56-7)21-48(29)34(50)31(23(2)16-22)45-36(52)58-37(3,4)40(41,42)43/h9,11-13,17-18,22-23,25,27,29,31H,8,10,14-16,19-21H2,1-7H3,(H,45,52)(H,46,49)(H,47,51). The average Bonchev–Trinajstić information content (AvgIpc) is 4.04. The molecule has 3 heterocycles. The summed E-state index contributed by atoms with van der Waals surface area (Å²) in [6.07, 6.45) is -1.50. The summed E-state index contributed by atoms with van der Waals surface area (Å²) in [7, 11) is -1.15. The van der Waals surface area contributed by atoms with Crippen molar-refractivity contribution in [3.8, 4) is 17.5 Å². The Balaban J connectivity index is 1.37. The first-order valence-electron chi connectivity index (χ1n) is 19.6. The number of benzene rings is 1. The zero-order chi connectivity index (χ0) is 43.3. The predicted octanol–water partition coefficient (Wildman–Crippen LogP) is 4.92. The number of halogens is 3. The number of rotatable bonds is 9. The monoisotopic (exact) mass is 851 g/mol. The van der Waals surface area contributed by atoms with E-state index >= 15 is 0 Å². The number of nitrogens with zero attached hydrogens (tertiary/aromatic N) is 2. The molecule has 1 aromatic carbocycles. The number of sulfonamides is 1. The number of allylic oxidation sites excluding steroid dienone is 1. The second-order valence-electron chi connectivity index (χ2n) is 17.0. The number of nitrogens with one attached hydrogen (secondary N) is 3. The quantitative estimate of drug-likeness (QED) is 0.290. The Hall–Kier alpha value is -4.81. The number of hydrogen-bond acceptors (Lipinski definition) is 11. The van der Waals surface area contributed by atoms with Gasteiger partial charge < -0.3 is 34.5 Å². The molecular weight excluding hydrogens is 800 g/mol. The number of ether oxygens (including phenoxy) is 4. The zero-order valence-electron chi connectivity index (χ0n) is 34.1. The number of carbonyl (C=O) groups excluding carboxylic acids is 4. The van der Waals surface area contributed by atoms with Crippen molar-refractivity contribution in [1.82, 2.24) is 25.2 Å². The fourth-order valence-corrected chi connectivity index (χ4v) is 9.01. The molecule has 0 bridgehead atoms. The number of fused-ring (bicyclic) bond motifs is 3. The van der Waals surface area contributed by atoms with Gasteiger partial charge in [-0.2, -0.15) is 18.2 Å². The lowest BCUT2D eigenvalue weighted by molar-refractivity contribution is -0.244. The fourth-order valence-electron chi connectivity index (χ4n) is 7.70. The molecule has 4 aliphatic rings. The lowest BCUT2D eigenvalue weighted by Crippen LogP contribution is -2.59. The molecule has 7 unspecified atom stereocenters. The highest BCUT2D eigenvalue weighted by Crippen LogP contribution is 2.48. The molecule has 0 radical (unpaired) electrons. The van der Waals surface area contributed by atoms with Crippen molar-refractivity contribution in [1.29, 1.82) is 0 Å². The molecule has 15 nitrogen and oxygen atoms in total. The van der Waals surface area contributed by atoms with Crippen LogP contribution in [-0.2, 0) is 29.1 Å². The smallest absolute Gasteiger partial charge is 0.427 e. The van der Waals surface area contributed by atoms with Crippen LogP contribution >= 0.6 is 0 Å². The maximum Gasteiger partial charge on any atom is 0.427 e. The maximum absolute atomic E-state index is 14.8. The van der Waals surface area contributed by atoms with Crippen molar-refractivity contribution in [3.05, 3.63) is 36.4 Å². The van der Waals surface area contributed by atoms with Gasteiger partial charge in [0.1, 0.15) is 29.5 Å². The second-order valence-corrected chi connectivity index (χ2v) is 19.2. The van der Waals surface area contributed by atoms with E-state index in [4.69, 9.17) is 18.9 Å². The molecular formula is C40H52F3N5O10S. The van der Waals surface area contributed by atoms with Crippen LogP contribution in [0.4, 0.5) is 18.0 Å². The minimum absolute atomic E-state index is 0.0487. The van der Waals surface area contributed by atoms with Crippen LogP contribution in [-0.4, -0.2) is 103 Å². The van der Waals surface area contributed by atoms with Gasteiger partial charge in [-0.15, -0.1) is 0 Å². The molecule has 324 valence electrons. The highest BCUT2D eigenvalue weighted by Gasteiger charge is 2.63. The van der Waals surface area contributed by atoms with E-state index in [0.29, 0.717) is 62.5 Å². The number of hydrogen-bond donors (Lipinski definition) is 3. The number of methoxy groups -OCH3 is 2. The number of alkyl carbamates (subject to hydrolysis) is 1. The maximum atomic E-state index is 14.8. The van der Waals surface area contributed by atoms with Crippen LogP contribution in [0.2, 0.25) is 0 Å². The summed E-state index contributed by atoms with van der Waals surface area (Å²) in [4.78, 5) is 62.1. The predicted molar refractivity (Wildman–Crippen MR) is 208 cm³/mol. The van der Waals surface area contributed by atoms with E-state index < -0.39 is 85.9 Å². The van der Waals surface area contributed by atoms with Crippen LogP contribution in [0.15, 0.2) is 36.4 Å². The zero-order valence-corrected chi connectivity index (χ0v) is 34.9. The van der Waals surface area contributed by atoms with Crippen LogP contribution in [0.5, 0.6) is 17.5 Å². The first-order valence-corrected chi connectivity index (χ1v) is 21.1. The van der Waals surface area contributed by atoms with Crippen molar-refractivity contribution in [2.24, 2.45) is 17.8 Å². The molecule has 7 atom stereocenters. The van der Waals surface area contributed by atoms with E-state index in [1.165, 1.54) is 26.0 Å². The van der Waals surface area contributed by atoms with E-state index in [2.05, 4.69) is 20.3 Å². The van der Waals surface area contributed by atoms with Gasteiger partial charge in [0, 0.05) is 23.8 Å². The van der Waals surface area contributed by atoms with Gasteiger partial charge in [0.15, 0.2) is 0 Å². The van der Waals surface area contributed by atoms with Gasteiger partial charge in [-0.3, -0.25) is 19.1 Å². The number of carbonyl (C=O) groups is 4. The lowest BCUT2D eigenvalue weighted by Gasteiger charge is -2.34. The average molecular weight is 852 g/mol. The number of pyridine rings is 1. The normalized spacial score (nSPS) is 28.5. The van der Waals surface area contributed by atoms with Crippen LogP contribution in [0.25, 0.3) is 10.8 Å². The van der Waals surface area contributed by atoms with E-state index in [1.54, 1.807) is 37.3 Å². The molecule has 2 aliphatic carbocycles. The molecule has 19 heteroatoms. The third-order valence-electron chi connectivity index (χ3n) is 12.0. The van der Waals surface area contributed by atoms with Gasteiger partial charge in [0.25, 0.3) is 5.91 Å². The molecule has 4 amide bonds. The molecule has 2 aromatic rings. The number of amides is 4. The molecule has 3 fully saturated rings. The minimum Gasteiger partial charge on any atom is -0.497 e. The Bertz CT molecular complexity index is 2120. The summed E-state index contributed by atoms with van der Waals surface area (Å²) in [5.41, 5.74) is -4.55. The molecule has 1 aromatic heterocycles. The summed E-state index contributed by atoms with van der Waals surface area (Å²) in [5, 5.41) is 6.37. The van der Waals surface area contributed by atoms with Gasteiger partial charge in [-0.05, 0) is 94.7 Å². The summed E-state index contributed by atoms with van der Waals surface area (Å²) in [6, 6.07) is 4.03. The summed E-state index contributed by atoms with van der Waals surface area (Å²) >= 11 is 0. The summed E-state index contributed by atoms with van der Waals surface area (Å²) < 4.78 is 90.8. The van der Waals surface area contributed by atoms with E-state index in [0.717, 1.165) is 0 Å². The van der Waals surface area contributed by atoms with Crippen molar-refractivity contribution >= 4 is 44.6 Å². The van der Waals surface area contributed by atoms with Crippen LogP contribution < -0.4 is 29.6 Å². The molecule has 6 rings (SSSR count). The first kappa shape index (κ1) is 43.8. The van der Waals surface area contributed by atoms with Crippen molar-refractivity contribution in [2.45, 2.75) is 120 Å². The van der Waals surface area contributed by atoms with Crippen molar-refractivity contribution in [2.75, 3.05) is 20.8 Å². The Morgan fingerprint density at radius 3 is 2.41 bits per heavy atom. The Kier molecular flexibility index (Phi) is 11.9. The molecule has 59 heavy (non-hydrogen) atoms. The van der Waals surface area contributed by atoms with Crippen molar-refractivity contribution in [3.63, 3.8) is 0 Å². The molecule has 3 N–H and O–H groups in total. The third-order valence-corrected chi connectivity index (χ3v) is 14.2. The molecule has 0 spiro atoms. The first-order chi connectivity index (χ1) is 27.5. The third kappa shape index (κ3) is 9.04. The Morgan fingerprint density at radius 1 is 1.05 bits per heavy atom. The van der Waals surface area contributed by atoms with Crippen LogP contribution in [0, 0.1) is 17.8 Å². The van der Waals surface area contributed by atoms with E-state index in [-0.39, 0.29) is 37.1 Å². The number of aromatic nitrogens is 1. The van der Waals surface area contributed by atoms with Gasteiger partial charge in [-0.1, -0.05) is 26.0 Å². The van der Waals surface area contributed by atoms with Crippen LogP contribution in [0.1, 0.15) is 79.6 Å². The van der Waals surface area contributed by atoms with Gasteiger partial charge in [0.2, 0.25) is 39.2 Å². The van der Waals surface area contributed by atoms with Crippen molar-refractivity contribution < 1.29 is 59.7 Å². The van der Waals surface area contributed by atoms with E-state index in [9.17, 15) is 40.8 Å².